The summed E-state index contributed by atoms with van der Waals surface area (Å²) >= 11 is 0. The highest BCUT2D eigenvalue weighted by Gasteiger charge is 2.16. The van der Waals surface area contributed by atoms with Crippen LogP contribution in [0.25, 0.3) is 5.69 Å². The summed E-state index contributed by atoms with van der Waals surface area (Å²) < 4.78 is 20.3. The van der Waals surface area contributed by atoms with Gasteiger partial charge in [-0.1, -0.05) is 0 Å². The molecule has 0 atom stereocenters. The minimum Gasteiger partial charge on any atom is -0.493 e. The van der Waals surface area contributed by atoms with Crippen LogP contribution in [0.5, 0.6) is 17.2 Å². The van der Waals surface area contributed by atoms with E-state index in [1.807, 2.05) is 10.8 Å². The predicted octanol–water partition coefficient (Wildman–Crippen LogP) is 2.76. The molecule has 4 rings (SSSR count). The second-order valence-corrected chi connectivity index (χ2v) is 6.85. The molecule has 2 aromatic heterocycles. The van der Waals surface area contributed by atoms with Gasteiger partial charge in [-0.05, 0) is 24.3 Å². The molecule has 0 aliphatic heterocycles. The molecule has 0 bridgehead atoms. The topological polar surface area (TPSA) is 138 Å². The molecule has 2 heterocycles. The third-order valence-corrected chi connectivity index (χ3v) is 4.74. The number of nitrogens with one attached hydrogen (secondary N) is 1. The molecule has 0 unspecified atom stereocenters. The van der Waals surface area contributed by atoms with Crippen LogP contribution in [0.2, 0.25) is 0 Å². The summed E-state index contributed by atoms with van der Waals surface area (Å²) in [6.45, 7) is 1.02. The third kappa shape index (κ3) is 4.80. The fraction of sp³-hybridized carbons (Fsp3) is 0.182. The normalized spacial score (nSPS) is 10.5. The lowest BCUT2D eigenvalue weighted by molar-refractivity contribution is 0.272. The van der Waals surface area contributed by atoms with Gasteiger partial charge in [0, 0.05) is 30.2 Å². The zero-order chi connectivity index (χ0) is 23.2. The lowest BCUT2D eigenvalue weighted by Crippen LogP contribution is -2.08. The SMILES string of the molecule is COc1cc(Nc2nc(N)n(-c3ccc(C#N)cc3)n2)cc(OCCn2ccnc2)c1OC. The summed E-state index contributed by atoms with van der Waals surface area (Å²) in [7, 11) is 3.10. The highest BCUT2D eigenvalue weighted by Crippen LogP contribution is 2.40. The maximum absolute atomic E-state index is 8.97. The van der Waals surface area contributed by atoms with E-state index in [1.54, 1.807) is 63.1 Å². The Kier molecular flexibility index (Phi) is 6.26. The van der Waals surface area contributed by atoms with Crippen molar-refractivity contribution in [3.05, 3.63) is 60.7 Å². The van der Waals surface area contributed by atoms with Gasteiger partial charge in [0.1, 0.15) is 6.61 Å². The van der Waals surface area contributed by atoms with Gasteiger partial charge in [0.15, 0.2) is 11.5 Å². The van der Waals surface area contributed by atoms with E-state index >= 15 is 0 Å². The summed E-state index contributed by atoms with van der Waals surface area (Å²) in [5, 5.41) is 16.5. The van der Waals surface area contributed by atoms with Gasteiger partial charge >= 0.3 is 0 Å². The Morgan fingerprint density at radius 2 is 1.91 bits per heavy atom. The fourth-order valence-electron chi connectivity index (χ4n) is 3.16. The minimum atomic E-state index is 0.194. The largest absolute Gasteiger partial charge is 0.493 e. The lowest BCUT2D eigenvalue weighted by atomic mass is 10.2. The number of benzene rings is 2. The fourth-order valence-corrected chi connectivity index (χ4v) is 3.16. The minimum absolute atomic E-state index is 0.194. The van der Waals surface area contributed by atoms with E-state index in [9.17, 15) is 0 Å². The van der Waals surface area contributed by atoms with Gasteiger partial charge < -0.3 is 29.8 Å². The van der Waals surface area contributed by atoms with Gasteiger partial charge in [-0.25, -0.2) is 4.98 Å². The number of rotatable bonds is 9. The van der Waals surface area contributed by atoms with E-state index in [4.69, 9.17) is 25.2 Å². The van der Waals surface area contributed by atoms with E-state index in [-0.39, 0.29) is 11.9 Å². The monoisotopic (exact) mass is 446 g/mol. The van der Waals surface area contributed by atoms with Gasteiger partial charge in [-0.2, -0.15) is 14.9 Å². The predicted molar refractivity (Wildman–Crippen MR) is 121 cm³/mol. The molecule has 11 nitrogen and oxygen atoms in total. The molecule has 0 saturated heterocycles. The Hall–Kier alpha value is -4.72. The smallest absolute Gasteiger partial charge is 0.248 e. The number of aromatic nitrogens is 5. The zero-order valence-corrected chi connectivity index (χ0v) is 18.1. The van der Waals surface area contributed by atoms with Crippen molar-refractivity contribution < 1.29 is 14.2 Å². The Labute approximate surface area is 190 Å². The van der Waals surface area contributed by atoms with Gasteiger partial charge in [-0.15, -0.1) is 5.10 Å². The maximum atomic E-state index is 8.97. The molecule has 168 valence electrons. The first kappa shape index (κ1) is 21.5. The molecule has 0 radical (unpaired) electrons. The molecular weight excluding hydrogens is 424 g/mol. The van der Waals surface area contributed by atoms with Crippen LogP contribution in [0.4, 0.5) is 17.6 Å². The van der Waals surface area contributed by atoms with Gasteiger partial charge in [0.2, 0.25) is 17.6 Å². The van der Waals surface area contributed by atoms with Crippen molar-refractivity contribution in [1.82, 2.24) is 24.3 Å². The average Bonchev–Trinajstić information content (AvgIpc) is 3.48. The van der Waals surface area contributed by atoms with E-state index in [0.29, 0.717) is 47.3 Å². The summed E-state index contributed by atoms with van der Waals surface area (Å²) in [6.07, 6.45) is 5.29. The van der Waals surface area contributed by atoms with Crippen LogP contribution in [-0.2, 0) is 6.54 Å². The molecular formula is C22H22N8O3. The highest BCUT2D eigenvalue weighted by atomic mass is 16.5. The van der Waals surface area contributed by atoms with Gasteiger partial charge in [-0.3, -0.25) is 0 Å². The lowest BCUT2D eigenvalue weighted by Gasteiger charge is -2.16. The number of imidazole rings is 1. The van der Waals surface area contributed by atoms with Crippen molar-refractivity contribution in [1.29, 1.82) is 5.26 Å². The number of nitrogens with two attached hydrogens (primary N) is 1. The summed E-state index contributed by atoms with van der Waals surface area (Å²) in [5.41, 5.74) is 7.90. The third-order valence-electron chi connectivity index (χ3n) is 4.74. The number of ether oxygens (including phenoxy) is 3. The molecule has 2 aromatic carbocycles. The van der Waals surface area contributed by atoms with Crippen molar-refractivity contribution in [3.8, 4) is 29.0 Å². The number of nitrogen functional groups attached to an aromatic ring is 1. The first-order valence-corrected chi connectivity index (χ1v) is 9.96. The Morgan fingerprint density at radius 1 is 1.12 bits per heavy atom. The molecule has 11 heteroatoms. The number of hydrogen-bond donors (Lipinski definition) is 2. The van der Waals surface area contributed by atoms with Gasteiger partial charge in [0.05, 0.1) is 44.4 Å². The first-order chi connectivity index (χ1) is 16.1. The van der Waals surface area contributed by atoms with Crippen molar-refractivity contribution in [2.75, 3.05) is 31.9 Å². The number of methoxy groups -OCH3 is 2. The molecule has 4 aromatic rings. The van der Waals surface area contributed by atoms with Crippen molar-refractivity contribution >= 4 is 17.6 Å². The number of anilines is 3. The molecule has 33 heavy (non-hydrogen) atoms. The van der Waals surface area contributed by atoms with Crippen LogP contribution in [0, 0.1) is 11.3 Å². The standard InChI is InChI=1S/C22H22N8O3/c1-31-18-11-16(12-19(20(18)32-2)33-10-9-29-8-7-25-14-29)26-22-27-21(24)30(28-22)17-5-3-15(13-23)4-6-17/h3-8,11-12,14H,9-10H2,1-2H3,(H3,24,26,27,28). The van der Waals surface area contributed by atoms with Crippen LogP contribution in [0.15, 0.2) is 55.1 Å². The van der Waals surface area contributed by atoms with Crippen LogP contribution in [0.3, 0.4) is 0 Å². The zero-order valence-electron chi connectivity index (χ0n) is 18.1. The van der Waals surface area contributed by atoms with E-state index in [0.717, 1.165) is 0 Å². The molecule has 0 aliphatic rings. The molecule has 0 aliphatic carbocycles. The average molecular weight is 446 g/mol. The van der Waals surface area contributed by atoms with E-state index in [1.165, 1.54) is 4.68 Å². The first-order valence-electron chi connectivity index (χ1n) is 9.96. The van der Waals surface area contributed by atoms with Crippen molar-refractivity contribution in [2.24, 2.45) is 0 Å². The maximum Gasteiger partial charge on any atom is 0.248 e. The Balaban J connectivity index is 1.56. The number of hydrogen-bond acceptors (Lipinski definition) is 9. The Bertz CT molecular complexity index is 1260. The quantitative estimate of drug-likeness (QED) is 0.397. The number of nitrogens with zero attached hydrogens (tertiary/aromatic N) is 6. The molecule has 0 saturated carbocycles. The summed E-state index contributed by atoms with van der Waals surface area (Å²) in [4.78, 5) is 8.30. The van der Waals surface area contributed by atoms with E-state index < -0.39 is 0 Å². The summed E-state index contributed by atoms with van der Waals surface area (Å²) in [5.74, 6) is 1.94. The highest BCUT2D eigenvalue weighted by molar-refractivity contribution is 5.66. The second kappa shape index (κ2) is 9.61. The van der Waals surface area contributed by atoms with Crippen LogP contribution in [0.1, 0.15) is 5.56 Å². The van der Waals surface area contributed by atoms with Crippen molar-refractivity contribution in [3.63, 3.8) is 0 Å². The van der Waals surface area contributed by atoms with Crippen LogP contribution < -0.4 is 25.3 Å². The molecule has 0 amide bonds. The molecule has 0 spiro atoms. The van der Waals surface area contributed by atoms with E-state index in [2.05, 4.69) is 26.5 Å². The molecule has 3 N–H and O–H groups in total. The van der Waals surface area contributed by atoms with Crippen LogP contribution >= 0.6 is 0 Å². The number of nitriles is 1. The summed E-state index contributed by atoms with van der Waals surface area (Å²) in [6, 6.07) is 12.5. The van der Waals surface area contributed by atoms with Crippen LogP contribution in [-0.4, -0.2) is 45.1 Å². The second-order valence-electron chi connectivity index (χ2n) is 6.85. The Morgan fingerprint density at radius 3 is 2.58 bits per heavy atom. The van der Waals surface area contributed by atoms with Gasteiger partial charge in [0.25, 0.3) is 0 Å². The van der Waals surface area contributed by atoms with Crippen molar-refractivity contribution in [2.45, 2.75) is 6.54 Å². The molecule has 0 fully saturated rings.